The maximum absolute atomic E-state index is 11.2. The van der Waals surface area contributed by atoms with Crippen molar-refractivity contribution in [3.8, 4) is 0 Å². The lowest BCUT2D eigenvalue weighted by molar-refractivity contribution is -0.137. The molecule has 0 spiro atoms. The highest BCUT2D eigenvalue weighted by Gasteiger charge is 2.48. The molecule has 0 N–H and O–H groups in total. The van der Waals surface area contributed by atoms with Crippen LogP contribution in [0.1, 0.15) is 34.6 Å². The molecule has 1 fully saturated rings. The summed E-state index contributed by atoms with van der Waals surface area (Å²) >= 11 is 0. The molecule has 1 saturated heterocycles. The van der Waals surface area contributed by atoms with E-state index in [1.54, 1.807) is 12.9 Å². The van der Waals surface area contributed by atoms with Crippen molar-refractivity contribution in [2.24, 2.45) is 0 Å². The Labute approximate surface area is 98.9 Å². The molecular formula is C11H20B2O3. The van der Waals surface area contributed by atoms with Crippen LogP contribution in [-0.4, -0.2) is 32.2 Å². The van der Waals surface area contributed by atoms with Crippen LogP contribution in [0.15, 0.2) is 12.1 Å². The van der Waals surface area contributed by atoms with E-state index in [1.165, 1.54) is 6.08 Å². The quantitative estimate of drug-likeness (QED) is 0.413. The summed E-state index contributed by atoms with van der Waals surface area (Å²) in [4.78, 5) is 11.2. The predicted octanol–water partition coefficient (Wildman–Crippen LogP) is 1.58. The second-order valence-electron chi connectivity index (χ2n) is 5.37. The molecule has 1 aliphatic rings. The minimum absolute atomic E-state index is 0.00871. The first kappa shape index (κ1) is 13.4. The molecular weight excluding hydrogens is 202 g/mol. The summed E-state index contributed by atoms with van der Waals surface area (Å²) < 4.78 is 10.7. The first-order valence-electron chi connectivity index (χ1n) is 5.81. The van der Waals surface area contributed by atoms with Gasteiger partial charge in [0.15, 0.2) is 0 Å². The lowest BCUT2D eigenvalue weighted by atomic mass is 9.25. The maximum Gasteiger partial charge on any atom is 0.329 e. The topological polar surface area (TPSA) is 35.5 Å². The minimum atomic E-state index is -0.298. The van der Waals surface area contributed by atoms with Crippen LogP contribution in [0.25, 0.3) is 0 Å². The molecule has 1 heterocycles. The van der Waals surface area contributed by atoms with Crippen molar-refractivity contribution >= 4 is 19.9 Å². The maximum atomic E-state index is 11.2. The van der Waals surface area contributed by atoms with Crippen LogP contribution in [0.3, 0.4) is 0 Å². The molecule has 5 heteroatoms. The van der Waals surface area contributed by atoms with Crippen molar-refractivity contribution in [1.82, 2.24) is 0 Å². The zero-order valence-electron chi connectivity index (χ0n) is 10.9. The Morgan fingerprint density at radius 2 is 2.06 bits per heavy atom. The SMILES string of the molecule is CCOC(=O)/C=C/B1BC(C)(C)C(C)(C)O1. The van der Waals surface area contributed by atoms with Crippen molar-refractivity contribution in [3.63, 3.8) is 0 Å². The minimum Gasteiger partial charge on any atom is -0.463 e. The van der Waals surface area contributed by atoms with Crippen LogP contribution < -0.4 is 0 Å². The van der Waals surface area contributed by atoms with E-state index >= 15 is 0 Å². The normalized spacial score (nSPS) is 22.2. The third kappa shape index (κ3) is 2.91. The molecule has 1 aliphatic heterocycles. The first-order valence-corrected chi connectivity index (χ1v) is 5.81. The number of hydrogen-bond acceptors (Lipinski definition) is 3. The third-order valence-electron chi connectivity index (χ3n) is 3.52. The van der Waals surface area contributed by atoms with Crippen molar-refractivity contribution in [2.45, 2.75) is 45.5 Å². The zero-order valence-corrected chi connectivity index (χ0v) is 10.9. The monoisotopic (exact) mass is 222 g/mol. The van der Waals surface area contributed by atoms with E-state index in [4.69, 9.17) is 9.39 Å². The first-order chi connectivity index (χ1) is 7.28. The second kappa shape index (κ2) is 4.66. The number of carbonyl (C=O) groups is 1. The Balaban J connectivity index is 2.57. The van der Waals surface area contributed by atoms with Crippen LogP contribution >= 0.6 is 0 Å². The van der Waals surface area contributed by atoms with Crippen molar-refractivity contribution < 1.29 is 14.2 Å². The zero-order chi connectivity index (χ0) is 12.4. The van der Waals surface area contributed by atoms with E-state index in [9.17, 15) is 4.79 Å². The molecule has 16 heavy (non-hydrogen) atoms. The van der Waals surface area contributed by atoms with Gasteiger partial charge in [-0.2, -0.15) is 0 Å². The summed E-state index contributed by atoms with van der Waals surface area (Å²) in [6.07, 6.45) is 1.46. The van der Waals surface area contributed by atoms with E-state index in [1.807, 2.05) is 0 Å². The molecule has 0 unspecified atom stereocenters. The van der Waals surface area contributed by atoms with Gasteiger partial charge in [0.1, 0.15) is 7.17 Å². The van der Waals surface area contributed by atoms with Crippen molar-refractivity contribution in [1.29, 1.82) is 0 Å². The highest BCUT2D eigenvalue weighted by Crippen LogP contribution is 2.45. The smallest absolute Gasteiger partial charge is 0.329 e. The fraction of sp³-hybridized carbons (Fsp3) is 0.727. The largest absolute Gasteiger partial charge is 0.463 e. The van der Waals surface area contributed by atoms with Crippen molar-refractivity contribution in [2.75, 3.05) is 6.61 Å². The van der Waals surface area contributed by atoms with Crippen molar-refractivity contribution in [3.05, 3.63) is 12.1 Å². The molecule has 0 radical (unpaired) electrons. The van der Waals surface area contributed by atoms with Crippen LogP contribution in [-0.2, 0) is 14.2 Å². The summed E-state index contributed by atoms with van der Waals surface area (Å²) in [7, 11) is 0.926. The van der Waals surface area contributed by atoms with Gasteiger partial charge < -0.3 is 9.39 Å². The van der Waals surface area contributed by atoms with Gasteiger partial charge in [-0.25, -0.2) is 4.79 Å². The second-order valence-corrected chi connectivity index (χ2v) is 5.37. The molecule has 1 rings (SSSR count). The summed E-state index contributed by atoms with van der Waals surface area (Å²) in [5.74, 6) is 1.50. The van der Waals surface area contributed by atoms with Gasteiger partial charge in [0.2, 0.25) is 0 Å². The van der Waals surface area contributed by atoms with Crippen LogP contribution in [0.4, 0.5) is 0 Å². The predicted molar refractivity (Wildman–Crippen MR) is 67.9 cm³/mol. The van der Waals surface area contributed by atoms with Crippen LogP contribution in [0, 0.1) is 0 Å². The van der Waals surface area contributed by atoms with Gasteiger partial charge in [-0.05, 0) is 26.1 Å². The number of rotatable bonds is 3. The van der Waals surface area contributed by atoms with Gasteiger partial charge >= 0.3 is 5.97 Å². The third-order valence-corrected chi connectivity index (χ3v) is 3.52. The number of carbonyl (C=O) groups excluding carboxylic acids is 1. The van der Waals surface area contributed by atoms with E-state index in [-0.39, 0.29) is 23.7 Å². The van der Waals surface area contributed by atoms with Gasteiger partial charge in [-0.15, -0.1) is 0 Å². The summed E-state index contributed by atoms with van der Waals surface area (Å²) in [6.45, 7) is 10.8. The average molecular weight is 222 g/mol. The lowest BCUT2D eigenvalue weighted by Crippen LogP contribution is -2.31. The summed E-state index contributed by atoms with van der Waals surface area (Å²) in [5.41, 5.74) is -0.156. The van der Waals surface area contributed by atoms with Gasteiger partial charge in [0.05, 0.1) is 6.61 Å². The number of hydrogen-bond donors (Lipinski definition) is 0. The molecule has 0 bridgehead atoms. The summed E-state index contributed by atoms with van der Waals surface area (Å²) in [6, 6.07) is 0. The standard InChI is InChI=1S/C11H20B2O3/c1-6-15-9(14)7-8-13-12-10(2,3)11(4,5)16-13/h7-8,12H,6H2,1-5H3/b8-7+. The van der Waals surface area contributed by atoms with Gasteiger partial charge in [-0.1, -0.05) is 19.8 Å². The Kier molecular flexibility index (Phi) is 3.89. The molecule has 0 amide bonds. The average Bonchev–Trinajstić information content (AvgIpc) is 2.33. The van der Waals surface area contributed by atoms with Gasteiger partial charge in [0, 0.05) is 11.7 Å². The van der Waals surface area contributed by atoms with Gasteiger partial charge in [0.25, 0.3) is 6.81 Å². The fourth-order valence-corrected chi connectivity index (χ4v) is 1.81. The molecule has 3 nitrogen and oxygen atoms in total. The van der Waals surface area contributed by atoms with Crippen LogP contribution in [0.2, 0.25) is 5.31 Å². The Morgan fingerprint density at radius 1 is 1.44 bits per heavy atom. The fourth-order valence-electron chi connectivity index (χ4n) is 1.81. The molecule has 0 atom stereocenters. The van der Waals surface area contributed by atoms with Gasteiger partial charge in [-0.3, -0.25) is 0 Å². The van der Waals surface area contributed by atoms with E-state index in [0.717, 1.165) is 7.17 Å². The molecule has 0 saturated carbocycles. The van der Waals surface area contributed by atoms with E-state index in [2.05, 4.69) is 27.7 Å². The molecule has 0 aromatic rings. The van der Waals surface area contributed by atoms with Crippen LogP contribution in [0.5, 0.6) is 0 Å². The molecule has 0 aromatic heterocycles. The van der Waals surface area contributed by atoms with E-state index in [0.29, 0.717) is 6.61 Å². The summed E-state index contributed by atoms with van der Waals surface area (Å²) in [5, 5.41) is 0.122. The molecule has 0 aromatic carbocycles. The molecule has 88 valence electrons. The Morgan fingerprint density at radius 3 is 2.50 bits per heavy atom. The Hall–Kier alpha value is -0.700. The number of ether oxygens (including phenoxy) is 1. The lowest BCUT2D eigenvalue weighted by Gasteiger charge is -2.34. The Bertz CT molecular complexity index is 282. The highest BCUT2D eigenvalue weighted by molar-refractivity contribution is 7.14. The highest BCUT2D eigenvalue weighted by atomic mass is 16.5. The number of esters is 1. The molecule has 0 aliphatic carbocycles. The van der Waals surface area contributed by atoms with E-state index < -0.39 is 0 Å².